The lowest BCUT2D eigenvalue weighted by Crippen LogP contribution is -2.37. The summed E-state index contributed by atoms with van der Waals surface area (Å²) in [6, 6.07) is 10.4. The minimum absolute atomic E-state index is 0.286. The van der Waals surface area contributed by atoms with Gasteiger partial charge in [-0.1, -0.05) is 6.07 Å². The van der Waals surface area contributed by atoms with Crippen molar-refractivity contribution in [3.63, 3.8) is 0 Å². The van der Waals surface area contributed by atoms with Crippen molar-refractivity contribution < 1.29 is 14.0 Å². The Labute approximate surface area is 200 Å². The van der Waals surface area contributed by atoms with E-state index in [-0.39, 0.29) is 11.3 Å². The smallest absolute Gasteiger partial charge is 0.290 e. The van der Waals surface area contributed by atoms with Crippen molar-refractivity contribution in [3.05, 3.63) is 65.3 Å². The number of nitrogens with one attached hydrogen (secondary N) is 3. The van der Waals surface area contributed by atoms with Crippen LogP contribution in [0.3, 0.4) is 0 Å². The normalized spacial score (nSPS) is 21.6. The van der Waals surface area contributed by atoms with Gasteiger partial charge in [0, 0.05) is 30.4 Å². The number of pyridine rings is 1. The number of carbonyl (C=O) groups excluding carboxylic acids is 2. The molecule has 4 heterocycles. The summed E-state index contributed by atoms with van der Waals surface area (Å²) < 4.78 is 5.16. The summed E-state index contributed by atoms with van der Waals surface area (Å²) in [6.45, 7) is 0.725. The first-order chi connectivity index (χ1) is 16.6. The summed E-state index contributed by atoms with van der Waals surface area (Å²) in [5, 5.41) is 8.92. The lowest BCUT2D eigenvalue weighted by atomic mass is 9.91. The highest BCUT2D eigenvalue weighted by atomic mass is 32.2. The van der Waals surface area contributed by atoms with Crippen LogP contribution in [0.4, 0.5) is 10.7 Å². The maximum atomic E-state index is 11.7. The molecule has 0 radical (unpaired) electrons. The average molecular weight is 477 g/mol. The number of rotatable bonds is 7. The van der Waals surface area contributed by atoms with E-state index in [1.54, 1.807) is 30.9 Å². The fraction of sp³-hybridized carbons (Fsp3) is 0.292. The predicted molar refractivity (Wildman–Crippen MR) is 130 cm³/mol. The van der Waals surface area contributed by atoms with Crippen LogP contribution in [-0.2, 0) is 11.3 Å². The van der Waals surface area contributed by atoms with Crippen LogP contribution in [0, 0.1) is 0 Å². The van der Waals surface area contributed by atoms with Crippen LogP contribution in [0.5, 0.6) is 0 Å². The number of nitrogens with zero attached hydrogens (tertiary/aromatic N) is 3. The fourth-order valence-electron chi connectivity index (χ4n) is 4.10. The molecule has 34 heavy (non-hydrogen) atoms. The third kappa shape index (κ3) is 5.52. The summed E-state index contributed by atoms with van der Waals surface area (Å²) in [5.74, 6) is 0.137. The number of carbonyl (C=O) groups is 2. The molecular formula is C24H24N6O3S. The molecule has 2 aliphatic rings. The van der Waals surface area contributed by atoms with Crippen molar-refractivity contribution >= 4 is 34.9 Å². The quantitative estimate of drug-likeness (QED) is 0.435. The number of hydrogen-bond donors (Lipinski definition) is 3. The zero-order valence-corrected chi connectivity index (χ0v) is 19.2. The van der Waals surface area contributed by atoms with E-state index in [9.17, 15) is 9.59 Å². The molecule has 0 atom stereocenters. The Morgan fingerprint density at radius 1 is 1.09 bits per heavy atom. The summed E-state index contributed by atoms with van der Waals surface area (Å²) >= 11 is 0.878. The molecule has 5 rings (SSSR count). The van der Waals surface area contributed by atoms with E-state index in [0.717, 1.165) is 60.9 Å². The molecule has 0 spiro atoms. The first-order valence-electron chi connectivity index (χ1n) is 11.2. The molecule has 3 aromatic rings. The molecule has 9 nitrogen and oxygen atoms in total. The maximum absolute atomic E-state index is 11.7. The fourth-order valence-corrected chi connectivity index (χ4v) is 4.77. The lowest BCUT2D eigenvalue weighted by Gasteiger charge is -2.29. The molecule has 0 aromatic carbocycles. The highest BCUT2D eigenvalue weighted by Gasteiger charge is 2.25. The molecule has 1 aliphatic carbocycles. The molecule has 10 heteroatoms. The molecule has 1 aliphatic heterocycles. The van der Waals surface area contributed by atoms with E-state index in [1.165, 1.54) is 0 Å². The second-order valence-corrected chi connectivity index (χ2v) is 9.27. The first kappa shape index (κ1) is 22.3. The van der Waals surface area contributed by atoms with E-state index >= 15 is 0 Å². The largest absolute Gasteiger partial charge is 0.472 e. The second kappa shape index (κ2) is 10.2. The van der Waals surface area contributed by atoms with Gasteiger partial charge in [0.05, 0.1) is 34.5 Å². The third-order valence-corrected chi connectivity index (χ3v) is 6.66. The van der Waals surface area contributed by atoms with E-state index in [1.807, 2.05) is 24.3 Å². The van der Waals surface area contributed by atoms with E-state index in [2.05, 4.69) is 25.9 Å². The number of furan rings is 1. The summed E-state index contributed by atoms with van der Waals surface area (Å²) in [6.07, 6.45) is 10.7. The molecular weight excluding hydrogens is 452 g/mol. The van der Waals surface area contributed by atoms with Gasteiger partial charge < -0.3 is 15.1 Å². The van der Waals surface area contributed by atoms with Gasteiger partial charge in [0.2, 0.25) is 5.95 Å². The lowest BCUT2D eigenvalue weighted by molar-refractivity contribution is -0.115. The molecule has 1 saturated heterocycles. The van der Waals surface area contributed by atoms with Gasteiger partial charge in [-0.25, -0.2) is 9.97 Å². The number of hydrogen-bond acceptors (Lipinski definition) is 9. The molecule has 1 saturated carbocycles. The second-order valence-electron chi connectivity index (χ2n) is 8.26. The van der Waals surface area contributed by atoms with Crippen LogP contribution in [0.15, 0.2) is 58.4 Å². The Balaban J connectivity index is 1.11. The highest BCUT2D eigenvalue weighted by molar-refractivity contribution is 8.18. The molecule has 2 amide bonds. The van der Waals surface area contributed by atoms with Gasteiger partial charge in [0.15, 0.2) is 0 Å². The van der Waals surface area contributed by atoms with Gasteiger partial charge in [-0.05, 0) is 67.8 Å². The number of anilines is 1. The molecule has 3 aromatic heterocycles. The zero-order valence-electron chi connectivity index (χ0n) is 18.4. The van der Waals surface area contributed by atoms with Crippen LogP contribution in [-0.4, -0.2) is 38.2 Å². The highest BCUT2D eigenvalue weighted by Crippen LogP contribution is 2.26. The molecule has 174 valence electrons. The zero-order chi connectivity index (χ0) is 23.3. The topological polar surface area (TPSA) is 122 Å². The maximum Gasteiger partial charge on any atom is 0.290 e. The number of amides is 2. The number of thioether (sulfide) groups is 1. The van der Waals surface area contributed by atoms with Gasteiger partial charge in [-0.15, -0.1) is 0 Å². The third-order valence-electron chi connectivity index (χ3n) is 5.85. The van der Waals surface area contributed by atoms with Crippen molar-refractivity contribution in [3.8, 4) is 11.3 Å². The van der Waals surface area contributed by atoms with Crippen molar-refractivity contribution in [2.24, 2.45) is 0 Å². The van der Waals surface area contributed by atoms with Crippen LogP contribution >= 0.6 is 11.8 Å². The monoisotopic (exact) mass is 476 g/mol. The van der Waals surface area contributed by atoms with E-state index in [0.29, 0.717) is 22.6 Å². The number of aromatic nitrogens is 3. The summed E-state index contributed by atoms with van der Waals surface area (Å²) in [7, 11) is 0. The predicted octanol–water partition coefficient (Wildman–Crippen LogP) is 3.97. The van der Waals surface area contributed by atoms with Crippen molar-refractivity contribution in [1.29, 1.82) is 0 Å². The van der Waals surface area contributed by atoms with Crippen molar-refractivity contribution in [1.82, 2.24) is 25.6 Å². The van der Waals surface area contributed by atoms with Gasteiger partial charge in [-0.3, -0.25) is 19.9 Å². The Morgan fingerprint density at radius 3 is 2.71 bits per heavy atom. The van der Waals surface area contributed by atoms with Gasteiger partial charge in [-0.2, -0.15) is 0 Å². The minimum atomic E-state index is -0.391. The van der Waals surface area contributed by atoms with E-state index < -0.39 is 5.91 Å². The number of imide groups is 1. The average Bonchev–Trinajstić information content (AvgIpc) is 3.49. The van der Waals surface area contributed by atoms with Crippen molar-refractivity contribution in [2.75, 3.05) is 5.32 Å². The van der Waals surface area contributed by atoms with E-state index in [4.69, 9.17) is 9.40 Å². The van der Waals surface area contributed by atoms with Gasteiger partial charge in [0.1, 0.15) is 0 Å². The van der Waals surface area contributed by atoms with Gasteiger partial charge >= 0.3 is 0 Å². The Bertz CT molecular complexity index is 1200. The van der Waals surface area contributed by atoms with Crippen LogP contribution in [0.2, 0.25) is 0 Å². The summed E-state index contributed by atoms with van der Waals surface area (Å²) in [5.41, 5.74) is 3.49. The minimum Gasteiger partial charge on any atom is -0.472 e. The summed E-state index contributed by atoms with van der Waals surface area (Å²) in [4.78, 5) is 36.9. The van der Waals surface area contributed by atoms with Crippen LogP contribution < -0.4 is 16.0 Å². The molecule has 2 fully saturated rings. The first-order valence-corrected chi connectivity index (χ1v) is 12.0. The Morgan fingerprint density at radius 2 is 1.94 bits per heavy atom. The molecule has 3 N–H and O–H groups in total. The Hall–Kier alpha value is -3.50. The molecule has 0 unspecified atom stereocenters. The standard InChI is InChI=1S/C24H24N6O3S/c31-22-21(34-24(32)30-22)12-18-8-10-25-23(29-18)28-17-6-4-16(5-7-17)26-13-19-2-1-3-20(27-19)15-9-11-33-14-15/h1-3,8-12,14,16-17,26H,4-7,13H2,(H,25,28,29)(H,30,31,32). The van der Waals surface area contributed by atoms with Crippen LogP contribution in [0.25, 0.3) is 17.3 Å². The Kier molecular flexibility index (Phi) is 6.68. The molecule has 0 bridgehead atoms. The van der Waals surface area contributed by atoms with Gasteiger partial charge in [0.25, 0.3) is 11.1 Å². The van der Waals surface area contributed by atoms with Crippen LogP contribution in [0.1, 0.15) is 37.1 Å². The van der Waals surface area contributed by atoms with Crippen molar-refractivity contribution in [2.45, 2.75) is 44.3 Å². The SMILES string of the molecule is O=C1NC(=O)C(=Cc2ccnc(NC3CCC(NCc4cccc(-c5ccoc5)n4)CC3)n2)S1.